The number of methoxy groups -OCH3 is 2. The Hall–Kier alpha value is -2.01. The van der Waals surface area contributed by atoms with Crippen LogP contribution < -0.4 is 19.7 Å². The van der Waals surface area contributed by atoms with Gasteiger partial charge in [-0.15, -0.1) is 0 Å². The molecule has 3 rings (SSSR count). The standard InChI is InChI=1S/C23H32NO5P/c1-24(2)17-10-13-20(14-11-17)30(26,29-18-8-6-5-7-9-18)23(25)21-15-12-19(27-3)16-22(21)28-4/h10-16,18,23,25H,5-9H2,1-4H3/t23-,30-/m1/s1. The molecule has 0 unspecified atom stereocenters. The lowest BCUT2D eigenvalue weighted by Crippen LogP contribution is -2.22. The summed E-state index contributed by atoms with van der Waals surface area (Å²) in [4.78, 5) is 1.97. The number of rotatable bonds is 8. The first-order valence-corrected chi connectivity index (χ1v) is 12.0. The number of ether oxygens (including phenoxy) is 2. The van der Waals surface area contributed by atoms with Crippen LogP contribution in [-0.2, 0) is 9.09 Å². The highest BCUT2D eigenvalue weighted by atomic mass is 31.2. The molecule has 0 aromatic heterocycles. The first-order valence-electron chi connectivity index (χ1n) is 10.3. The van der Waals surface area contributed by atoms with Crippen LogP contribution in [0.2, 0.25) is 0 Å². The number of anilines is 1. The lowest BCUT2D eigenvalue weighted by molar-refractivity contribution is 0.136. The van der Waals surface area contributed by atoms with Gasteiger partial charge in [0, 0.05) is 36.7 Å². The number of aliphatic hydroxyl groups excluding tert-OH is 1. The van der Waals surface area contributed by atoms with E-state index in [1.54, 1.807) is 37.4 Å². The normalized spacial score (nSPS) is 17.8. The van der Waals surface area contributed by atoms with Crippen LogP contribution >= 0.6 is 7.37 Å². The van der Waals surface area contributed by atoms with E-state index < -0.39 is 13.2 Å². The van der Waals surface area contributed by atoms with E-state index in [0.29, 0.717) is 22.4 Å². The Labute approximate surface area is 179 Å². The smallest absolute Gasteiger partial charge is 0.264 e. The molecule has 0 bridgehead atoms. The Morgan fingerprint density at radius 2 is 1.67 bits per heavy atom. The van der Waals surface area contributed by atoms with Gasteiger partial charge < -0.3 is 24.0 Å². The lowest BCUT2D eigenvalue weighted by atomic mass is 9.98. The topological polar surface area (TPSA) is 68.2 Å². The number of nitrogens with zero attached hydrogens (tertiary/aromatic N) is 1. The zero-order chi connectivity index (χ0) is 21.7. The van der Waals surface area contributed by atoms with Crippen molar-refractivity contribution in [3.8, 4) is 11.5 Å². The van der Waals surface area contributed by atoms with E-state index in [1.165, 1.54) is 7.11 Å². The maximum atomic E-state index is 14.3. The van der Waals surface area contributed by atoms with Crippen molar-refractivity contribution in [1.29, 1.82) is 0 Å². The summed E-state index contributed by atoms with van der Waals surface area (Å²) in [6.45, 7) is 0. The summed E-state index contributed by atoms with van der Waals surface area (Å²) in [5.74, 6) is -0.328. The van der Waals surface area contributed by atoms with E-state index in [4.69, 9.17) is 14.0 Å². The molecule has 0 aliphatic heterocycles. The quantitative estimate of drug-likeness (QED) is 0.608. The molecule has 0 radical (unpaired) electrons. The van der Waals surface area contributed by atoms with Crippen LogP contribution in [-0.4, -0.2) is 39.5 Å². The maximum absolute atomic E-state index is 14.3. The fourth-order valence-corrected chi connectivity index (χ4v) is 6.14. The predicted octanol–water partition coefficient (Wildman–Crippen LogP) is 4.71. The summed E-state index contributed by atoms with van der Waals surface area (Å²) in [5.41, 5.74) is 1.41. The van der Waals surface area contributed by atoms with Crippen molar-refractivity contribution in [2.24, 2.45) is 0 Å². The van der Waals surface area contributed by atoms with Gasteiger partial charge in [-0.05, 0) is 49.2 Å². The highest BCUT2D eigenvalue weighted by molar-refractivity contribution is 7.67. The van der Waals surface area contributed by atoms with Crippen molar-refractivity contribution < 1.29 is 23.7 Å². The molecule has 1 saturated carbocycles. The first-order chi connectivity index (χ1) is 14.4. The van der Waals surface area contributed by atoms with Crippen LogP contribution in [0.5, 0.6) is 11.5 Å². The third kappa shape index (κ3) is 4.83. The van der Waals surface area contributed by atoms with Crippen molar-refractivity contribution in [3.05, 3.63) is 48.0 Å². The van der Waals surface area contributed by atoms with E-state index in [0.717, 1.165) is 37.8 Å². The third-order valence-corrected chi connectivity index (χ3v) is 8.18. The summed E-state index contributed by atoms with van der Waals surface area (Å²) < 4.78 is 31.3. The van der Waals surface area contributed by atoms with Gasteiger partial charge in [-0.1, -0.05) is 19.3 Å². The monoisotopic (exact) mass is 433 g/mol. The van der Waals surface area contributed by atoms with Gasteiger partial charge in [0.15, 0.2) is 5.85 Å². The van der Waals surface area contributed by atoms with Crippen molar-refractivity contribution >= 4 is 18.4 Å². The van der Waals surface area contributed by atoms with Crippen LogP contribution in [0.25, 0.3) is 0 Å². The summed E-state index contributed by atoms with van der Waals surface area (Å²) in [6, 6.07) is 12.5. The second kappa shape index (κ2) is 9.86. The third-order valence-electron chi connectivity index (χ3n) is 5.62. The molecular weight excluding hydrogens is 401 g/mol. The average molecular weight is 433 g/mol. The molecule has 0 amide bonds. The SMILES string of the molecule is COc1ccc([C@H](O)[P@](=O)(OC2CCCCC2)c2ccc(N(C)C)cc2)c(OC)c1. The number of benzene rings is 2. The maximum Gasteiger partial charge on any atom is 0.264 e. The molecule has 1 N–H and O–H groups in total. The second-order valence-corrected chi connectivity index (χ2v) is 10.3. The van der Waals surface area contributed by atoms with Gasteiger partial charge in [-0.3, -0.25) is 4.57 Å². The summed E-state index contributed by atoms with van der Waals surface area (Å²) in [6.07, 6.45) is 4.84. The molecule has 0 saturated heterocycles. The van der Waals surface area contributed by atoms with Crippen LogP contribution in [0, 0.1) is 0 Å². The van der Waals surface area contributed by atoms with E-state index in [2.05, 4.69) is 0 Å². The molecule has 30 heavy (non-hydrogen) atoms. The van der Waals surface area contributed by atoms with Crippen LogP contribution in [0.3, 0.4) is 0 Å². The number of hydrogen-bond donors (Lipinski definition) is 1. The number of hydrogen-bond acceptors (Lipinski definition) is 6. The molecule has 2 aromatic rings. The first kappa shape index (κ1) is 22.7. The summed E-state index contributed by atoms with van der Waals surface area (Å²) in [7, 11) is 3.33. The van der Waals surface area contributed by atoms with Crippen molar-refractivity contribution in [2.75, 3.05) is 33.2 Å². The minimum absolute atomic E-state index is 0.128. The van der Waals surface area contributed by atoms with Crippen LogP contribution in [0.4, 0.5) is 5.69 Å². The van der Waals surface area contributed by atoms with E-state index in [9.17, 15) is 9.67 Å². The second-order valence-electron chi connectivity index (χ2n) is 7.85. The van der Waals surface area contributed by atoms with Gasteiger partial charge in [0.25, 0.3) is 7.37 Å². The van der Waals surface area contributed by atoms with Gasteiger partial charge in [0.2, 0.25) is 0 Å². The molecule has 7 heteroatoms. The Kier molecular flexibility index (Phi) is 7.45. The van der Waals surface area contributed by atoms with E-state index in [-0.39, 0.29) is 6.10 Å². The van der Waals surface area contributed by atoms with Crippen molar-refractivity contribution in [3.63, 3.8) is 0 Å². The van der Waals surface area contributed by atoms with Crippen molar-refractivity contribution in [1.82, 2.24) is 0 Å². The number of aliphatic hydroxyl groups is 1. The molecular formula is C23H32NO5P. The van der Waals surface area contributed by atoms with Crippen LogP contribution in [0.15, 0.2) is 42.5 Å². The van der Waals surface area contributed by atoms with Crippen molar-refractivity contribution in [2.45, 2.75) is 44.1 Å². The molecule has 2 aromatic carbocycles. The molecule has 0 spiro atoms. The lowest BCUT2D eigenvalue weighted by Gasteiger charge is -2.31. The largest absolute Gasteiger partial charge is 0.497 e. The van der Waals surface area contributed by atoms with Crippen LogP contribution in [0.1, 0.15) is 43.5 Å². The average Bonchev–Trinajstić information content (AvgIpc) is 2.78. The molecule has 0 heterocycles. The Bertz CT molecular complexity index is 878. The summed E-state index contributed by atoms with van der Waals surface area (Å²) >= 11 is 0. The predicted molar refractivity (Wildman–Crippen MR) is 120 cm³/mol. The van der Waals surface area contributed by atoms with E-state index >= 15 is 0 Å². The molecule has 164 valence electrons. The van der Waals surface area contributed by atoms with Gasteiger partial charge >= 0.3 is 0 Å². The molecule has 1 aliphatic rings. The summed E-state index contributed by atoms with van der Waals surface area (Å²) in [5, 5.41) is 11.9. The highest BCUT2D eigenvalue weighted by Crippen LogP contribution is 2.60. The fraction of sp³-hybridized carbons (Fsp3) is 0.478. The highest BCUT2D eigenvalue weighted by Gasteiger charge is 2.40. The Balaban J connectivity index is 2.03. The van der Waals surface area contributed by atoms with E-state index in [1.807, 2.05) is 31.1 Å². The molecule has 2 atom stereocenters. The van der Waals surface area contributed by atoms with Gasteiger partial charge in [0.05, 0.1) is 20.3 Å². The Morgan fingerprint density at radius 3 is 2.23 bits per heavy atom. The zero-order valence-electron chi connectivity index (χ0n) is 18.2. The zero-order valence-corrected chi connectivity index (χ0v) is 19.1. The minimum atomic E-state index is -3.65. The molecule has 1 aliphatic carbocycles. The van der Waals surface area contributed by atoms with Gasteiger partial charge in [-0.25, -0.2) is 0 Å². The minimum Gasteiger partial charge on any atom is -0.497 e. The van der Waals surface area contributed by atoms with Gasteiger partial charge in [0.1, 0.15) is 11.5 Å². The fourth-order valence-electron chi connectivity index (χ4n) is 3.83. The Morgan fingerprint density at radius 1 is 1.00 bits per heavy atom. The molecule has 1 fully saturated rings. The molecule has 6 nitrogen and oxygen atoms in total. The van der Waals surface area contributed by atoms with Gasteiger partial charge in [-0.2, -0.15) is 0 Å².